The van der Waals surface area contributed by atoms with Crippen molar-refractivity contribution in [3.63, 3.8) is 0 Å². The number of hydrogen-bond acceptors (Lipinski definition) is 31. The Morgan fingerprint density at radius 1 is 0.310 bits per heavy atom. The summed E-state index contributed by atoms with van der Waals surface area (Å²) in [6, 6.07) is 55.7. The average molecular weight is 2000 g/mol. The van der Waals surface area contributed by atoms with E-state index in [-0.39, 0.29) is 31.8 Å². The molecule has 0 aliphatic carbocycles. The number of fused-ring (bicyclic) bond motifs is 6. The van der Waals surface area contributed by atoms with Gasteiger partial charge in [-0.15, -0.1) is 70.6 Å². The second kappa shape index (κ2) is 44.4. The summed E-state index contributed by atoms with van der Waals surface area (Å²) in [5.74, 6) is 0. The highest BCUT2D eigenvalue weighted by molar-refractivity contribution is 8.01. The molecular weight excluding hydrogens is 1910 g/mol. The fraction of sp³-hybridized carbons (Fsp3) is 0.302. The molecule has 1 N–H and O–H groups in total. The van der Waals surface area contributed by atoms with Crippen LogP contribution >= 0.6 is 105 Å². The van der Waals surface area contributed by atoms with E-state index in [1.807, 2.05) is 113 Å². The predicted molar refractivity (Wildman–Crippen MR) is 509 cm³/mol. The van der Waals surface area contributed by atoms with Crippen molar-refractivity contribution in [2.24, 2.45) is 30.9 Å². The monoisotopic (exact) mass is 2000 g/mol. The van der Waals surface area contributed by atoms with Gasteiger partial charge in [0.1, 0.15) is 14.7 Å². The number of oxime groups is 6. The minimum Gasteiger partial charge on any atom is -0.392 e. The van der Waals surface area contributed by atoms with Gasteiger partial charge in [0.15, 0.2) is 0 Å². The summed E-state index contributed by atoms with van der Waals surface area (Å²) in [7, 11) is -22.5. The Kier molecular flexibility index (Phi) is 35.4. The summed E-state index contributed by atoms with van der Waals surface area (Å²) in [6.07, 6.45) is 6.80. The molecule has 6 aliphatic rings. The first kappa shape index (κ1) is 101. The second-order valence-electron chi connectivity index (χ2n) is 29.7. The summed E-state index contributed by atoms with van der Waals surface area (Å²) in [5.41, 5.74) is 13.5. The van der Waals surface area contributed by atoms with Gasteiger partial charge in [-0.1, -0.05) is 197 Å². The first-order chi connectivity index (χ1) is 59.3. The van der Waals surface area contributed by atoms with Crippen molar-refractivity contribution >= 4 is 200 Å². The highest BCUT2D eigenvalue weighted by Crippen LogP contribution is 2.43. The maximum absolute atomic E-state index is 12.4. The Morgan fingerprint density at radius 3 is 0.921 bits per heavy atom. The van der Waals surface area contributed by atoms with E-state index in [1.54, 1.807) is 144 Å². The maximum Gasteiger partial charge on any atom is 0.358 e. The zero-order valence-electron chi connectivity index (χ0n) is 70.3. The molecule has 126 heavy (non-hydrogen) atoms. The van der Waals surface area contributed by atoms with Crippen molar-refractivity contribution < 1.29 is 81.3 Å². The van der Waals surface area contributed by atoms with Gasteiger partial charge < -0.3 is 5.11 Å². The Balaban J connectivity index is 0.000000159. The summed E-state index contributed by atoms with van der Waals surface area (Å²) in [4.78, 5) is 6.64. The fourth-order valence-electron chi connectivity index (χ4n) is 12.6. The number of aliphatic hydroxyl groups excluding tert-OH is 1. The fourth-order valence-corrected chi connectivity index (χ4v) is 23.1. The molecule has 25 nitrogen and oxygen atoms in total. The van der Waals surface area contributed by atoms with Gasteiger partial charge in [0.2, 0.25) is 0 Å². The minimum absolute atomic E-state index is 0.0618. The van der Waals surface area contributed by atoms with Crippen molar-refractivity contribution in [2.45, 2.75) is 190 Å². The maximum atomic E-state index is 12.4. The van der Waals surface area contributed by atoms with Crippen LogP contribution < -0.4 is 0 Å². The number of rotatable bonds is 16. The van der Waals surface area contributed by atoms with Crippen LogP contribution in [0.25, 0.3) is 0 Å². The molecule has 0 saturated heterocycles. The standard InChI is InChI=1S/C18H19NO3S2.2C17H16ClNO3S2.C12H15NO4S2.C11H12ClNO3S2.C11H13NO3S2/c1-12-4-7-15(8-5-12)24(20,21)22-19-17-11-14(3)23-18-9-6-13(2)10-16(17)18;1-11-3-6-14(7-4-11)24(20,21)22-19-16-9-12(2)23-17-8-5-13(18)10-15(16)17;1-11-5-3-4-6-17(11)24(20,21)22-19-15-9-12(2)23-16-8-7-13(18)10-14(15)16;1-8-5-11(13-17-19(2,15)16)10-6-9(7-14)3-4-12(10)18-8;1-7-5-10(13-16-18(2,14)15)9-6-8(12)3-4-11(9)17-7;1-8-7-10(12-15-17(2,13)14)9-5-3-4-6-11(9)16-8/h4-10,14H,11H2,1-3H3;2*3-8,10,12H,9H2,1-2H3;3-4,6,8,14H,5,7H2,1-2H3;3-4,6-7H,5H2,1-2H3;3-6,8H,7H2,1-2H3/b19-17+;19-16+;19-15+;13-11+;13-10+;12-10+. The van der Waals surface area contributed by atoms with Crippen molar-refractivity contribution in [3.05, 3.63) is 264 Å². The molecule has 6 atom stereocenters. The summed E-state index contributed by atoms with van der Waals surface area (Å²) in [6.45, 7) is 19.8. The molecule has 0 spiro atoms. The van der Waals surface area contributed by atoms with Crippen LogP contribution in [-0.2, 0) is 93.0 Å². The van der Waals surface area contributed by atoms with E-state index in [0.717, 1.165) is 104 Å². The predicted octanol–water partition coefficient (Wildman–Crippen LogP) is 20.5. The third-order valence-corrected chi connectivity index (χ3v) is 30.7. The van der Waals surface area contributed by atoms with Crippen molar-refractivity contribution in [2.75, 3.05) is 18.8 Å². The van der Waals surface area contributed by atoms with Crippen molar-refractivity contribution in [3.8, 4) is 0 Å². The topological polar surface area (TPSA) is 355 Å². The van der Waals surface area contributed by atoms with E-state index in [0.29, 0.717) is 114 Å². The van der Waals surface area contributed by atoms with Crippen LogP contribution in [0.1, 0.15) is 141 Å². The van der Waals surface area contributed by atoms with Gasteiger partial charge in [0, 0.05) is 148 Å². The number of nitrogens with zero attached hydrogens (tertiary/aromatic N) is 6. The largest absolute Gasteiger partial charge is 0.392 e. The molecule has 0 aromatic heterocycles. The van der Waals surface area contributed by atoms with Gasteiger partial charge in [-0.3, -0.25) is 25.7 Å². The molecule has 0 amide bonds. The molecule has 0 bridgehead atoms. The van der Waals surface area contributed by atoms with Gasteiger partial charge in [-0.25, -0.2) is 0 Å². The van der Waals surface area contributed by atoms with Gasteiger partial charge >= 0.3 is 60.7 Å². The Bertz CT molecular complexity index is 6280. The first-order valence-corrected chi connectivity index (χ1v) is 54.8. The minimum atomic E-state index is -3.95. The lowest BCUT2D eigenvalue weighted by molar-refractivity contribution is 0.281. The molecule has 0 radical (unpaired) electrons. The van der Waals surface area contributed by atoms with Crippen molar-refractivity contribution in [1.82, 2.24) is 0 Å². The van der Waals surface area contributed by atoms with Crippen LogP contribution in [0.2, 0.25) is 15.1 Å². The second-order valence-corrected chi connectivity index (χ2v) is 49.2. The van der Waals surface area contributed by atoms with Crippen LogP contribution in [-0.4, -0.2) is 140 Å². The third kappa shape index (κ3) is 30.0. The first-order valence-electron chi connectivity index (χ1n) is 38.7. The molecule has 6 heterocycles. The van der Waals surface area contributed by atoms with E-state index >= 15 is 0 Å². The summed E-state index contributed by atoms with van der Waals surface area (Å²) < 4.78 is 168. The van der Waals surface area contributed by atoms with Gasteiger partial charge in [-0.2, -0.15) is 50.5 Å². The lowest BCUT2D eigenvalue weighted by Gasteiger charge is -2.22. The third-order valence-electron chi connectivity index (χ3n) is 18.4. The molecular formula is C86H91Cl3N6O19S12. The van der Waals surface area contributed by atoms with Crippen LogP contribution in [0, 0.1) is 27.7 Å². The SMILES string of the molecule is CC1C/C(=N\OS(C)(=O)=O)c2cc(CO)ccc2S1.CC1C/C(=N\OS(C)(=O)=O)c2cc(Cl)ccc2S1.CC1C/C(=N\OS(C)(=O)=O)c2ccccc2S1.Cc1ccc(S(=O)(=O)O/N=C2\CC(C)Sc3ccc(C)cc32)cc1.Cc1ccc(S(=O)(=O)O/N=C2\CC(C)Sc3ccc(Cl)cc32)cc1.Cc1ccccc1S(=O)(=O)O/N=C1\CC(C)Sc2ccc(Cl)cc21. The number of benzene rings is 9. The molecule has 0 saturated carbocycles. The molecule has 15 rings (SSSR count). The highest BCUT2D eigenvalue weighted by Gasteiger charge is 2.31. The van der Waals surface area contributed by atoms with Gasteiger partial charge in [0.25, 0.3) is 0 Å². The number of halogens is 3. The molecule has 6 aliphatic heterocycles. The lowest BCUT2D eigenvalue weighted by atomic mass is 10.0. The van der Waals surface area contributed by atoms with Crippen LogP contribution in [0.4, 0.5) is 0 Å². The molecule has 9 aromatic carbocycles. The Labute approximate surface area is 778 Å². The summed E-state index contributed by atoms with van der Waals surface area (Å²) in [5, 5.41) is 36.0. The quantitative estimate of drug-likeness (QED) is 0.0878. The Morgan fingerprint density at radius 2 is 0.579 bits per heavy atom. The van der Waals surface area contributed by atoms with E-state index < -0.39 is 60.7 Å². The Hall–Kier alpha value is -7.57. The lowest BCUT2D eigenvalue weighted by Crippen LogP contribution is -2.17. The van der Waals surface area contributed by atoms with E-state index in [2.05, 4.69) is 84.5 Å². The highest BCUT2D eigenvalue weighted by atomic mass is 35.5. The molecule has 9 aromatic rings. The van der Waals surface area contributed by atoms with Gasteiger partial charge in [0.05, 0.1) is 59.6 Å². The molecule has 6 unspecified atom stereocenters. The summed E-state index contributed by atoms with van der Waals surface area (Å²) >= 11 is 28.4. The van der Waals surface area contributed by atoms with Gasteiger partial charge in [-0.05, 0) is 154 Å². The molecule has 0 fully saturated rings. The zero-order valence-corrected chi connectivity index (χ0v) is 82.4. The smallest absolute Gasteiger partial charge is 0.358 e. The van der Waals surface area contributed by atoms with Crippen LogP contribution in [0.15, 0.2) is 263 Å². The van der Waals surface area contributed by atoms with Crippen LogP contribution in [0.3, 0.4) is 0 Å². The normalized spacial score (nSPS) is 20.2. The van der Waals surface area contributed by atoms with E-state index in [9.17, 15) is 50.5 Å². The van der Waals surface area contributed by atoms with Crippen LogP contribution in [0.5, 0.6) is 0 Å². The number of aliphatic hydroxyl groups is 1. The molecule has 672 valence electrons. The van der Waals surface area contributed by atoms with Crippen molar-refractivity contribution in [1.29, 1.82) is 0 Å². The number of aryl methyl sites for hydroxylation is 4. The average Bonchev–Trinajstić information content (AvgIpc) is 0.812. The molecule has 40 heteroatoms. The van der Waals surface area contributed by atoms with E-state index in [1.165, 1.54) is 30.3 Å². The number of thioether (sulfide) groups is 6. The number of hydrogen-bond donors (Lipinski definition) is 1. The van der Waals surface area contributed by atoms with E-state index in [4.69, 9.17) is 52.8 Å². The zero-order chi connectivity index (χ0) is 91.8.